The SMILES string of the molecule is CC(C)(CC=O)OC(=O)c1ccccc1. The number of carbonyl (C=O) groups is 2. The van der Waals surface area contributed by atoms with Crippen molar-refractivity contribution in [2.45, 2.75) is 25.9 Å². The lowest BCUT2D eigenvalue weighted by atomic mass is 10.1. The van der Waals surface area contributed by atoms with Gasteiger partial charge >= 0.3 is 5.97 Å². The van der Waals surface area contributed by atoms with Crippen molar-refractivity contribution in [3.05, 3.63) is 35.9 Å². The van der Waals surface area contributed by atoms with E-state index in [1.54, 1.807) is 38.1 Å². The Labute approximate surface area is 89.1 Å². The zero-order chi connectivity index (χ0) is 11.3. The lowest BCUT2D eigenvalue weighted by molar-refractivity contribution is -0.111. The predicted molar refractivity (Wildman–Crippen MR) is 56.6 cm³/mol. The Hall–Kier alpha value is -1.64. The maximum Gasteiger partial charge on any atom is 0.338 e. The molecule has 0 heterocycles. The molecule has 0 saturated heterocycles. The second-order valence-corrected chi connectivity index (χ2v) is 3.89. The van der Waals surface area contributed by atoms with Gasteiger partial charge in [-0.05, 0) is 26.0 Å². The molecule has 0 aliphatic rings. The average Bonchev–Trinajstić information content (AvgIpc) is 2.18. The van der Waals surface area contributed by atoms with Gasteiger partial charge in [-0.3, -0.25) is 0 Å². The van der Waals surface area contributed by atoms with Crippen molar-refractivity contribution in [2.24, 2.45) is 0 Å². The summed E-state index contributed by atoms with van der Waals surface area (Å²) in [5, 5.41) is 0. The Morgan fingerprint density at radius 2 is 1.93 bits per heavy atom. The molecule has 0 aromatic heterocycles. The van der Waals surface area contributed by atoms with Crippen molar-refractivity contribution in [1.82, 2.24) is 0 Å². The largest absolute Gasteiger partial charge is 0.456 e. The zero-order valence-corrected chi connectivity index (χ0v) is 8.90. The van der Waals surface area contributed by atoms with Gasteiger partial charge in [0.25, 0.3) is 0 Å². The highest BCUT2D eigenvalue weighted by molar-refractivity contribution is 5.89. The van der Waals surface area contributed by atoms with Gasteiger partial charge < -0.3 is 9.53 Å². The van der Waals surface area contributed by atoms with E-state index in [0.29, 0.717) is 5.56 Å². The fraction of sp³-hybridized carbons (Fsp3) is 0.333. The van der Waals surface area contributed by atoms with Crippen LogP contribution in [0.15, 0.2) is 30.3 Å². The van der Waals surface area contributed by atoms with Crippen molar-refractivity contribution in [3.63, 3.8) is 0 Å². The molecule has 0 amide bonds. The molecular formula is C12H14O3. The van der Waals surface area contributed by atoms with Crippen molar-refractivity contribution < 1.29 is 14.3 Å². The van der Waals surface area contributed by atoms with E-state index in [2.05, 4.69) is 0 Å². The molecule has 0 saturated carbocycles. The number of aldehydes is 1. The van der Waals surface area contributed by atoms with E-state index in [9.17, 15) is 9.59 Å². The summed E-state index contributed by atoms with van der Waals surface area (Å²) in [6.45, 7) is 3.42. The first-order chi connectivity index (χ1) is 7.05. The van der Waals surface area contributed by atoms with E-state index in [1.807, 2.05) is 6.07 Å². The summed E-state index contributed by atoms with van der Waals surface area (Å²) in [6, 6.07) is 8.72. The lowest BCUT2D eigenvalue weighted by Gasteiger charge is -2.22. The van der Waals surface area contributed by atoms with Crippen molar-refractivity contribution in [1.29, 1.82) is 0 Å². The fourth-order valence-corrected chi connectivity index (χ4v) is 1.13. The third-order valence-corrected chi connectivity index (χ3v) is 1.95. The van der Waals surface area contributed by atoms with E-state index >= 15 is 0 Å². The van der Waals surface area contributed by atoms with Crippen molar-refractivity contribution >= 4 is 12.3 Å². The summed E-state index contributed by atoms with van der Waals surface area (Å²) in [5.41, 5.74) is -0.245. The highest BCUT2D eigenvalue weighted by Crippen LogP contribution is 2.15. The molecule has 3 nitrogen and oxygen atoms in total. The summed E-state index contributed by atoms with van der Waals surface area (Å²) < 4.78 is 5.19. The molecule has 0 aliphatic heterocycles. The van der Waals surface area contributed by atoms with Crippen LogP contribution in [-0.4, -0.2) is 17.9 Å². The summed E-state index contributed by atoms with van der Waals surface area (Å²) in [7, 11) is 0. The van der Waals surface area contributed by atoms with Crippen LogP contribution in [0, 0.1) is 0 Å². The van der Waals surface area contributed by atoms with Crippen molar-refractivity contribution in [2.75, 3.05) is 0 Å². The molecule has 15 heavy (non-hydrogen) atoms. The zero-order valence-electron chi connectivity index (χ0n) is 8.90. The molecule has 0 fully saturated rings. The first-order valence-corrected chi connectivity index (χ1v) is 4.77. The molecule has 0 N–H and O–H groups in total. The lowest BCUT2D eigenvalue weighted by Crippen LogP contribution is -2.28. The van der Waals surface area contributed by atoms with Gasteiger partial charge in [-0.2, -0.15) is 0 Å². The van der Waals surface area contributed by atoms with Gasteiger partial charge in [-0.25, -0.2) is 4.79 Å². The van der Waals surface area contributed by atoms with Crippen LogP contribution in [0.1, 0.15) is 30.6 Å². The summed E-state index contributed by atoms with van der Waals surface area (Å²) in [4.78, 5) is 21.9. The van der Waals surface area contributed by atoms with Crippen LogP contribution in [0.4, 0.5) is 0 Å². The van der Waals surface area contributed by atoms with Crippen molar-refractivity contribution in [3.8, 4) is 0 Å². The average molecular weight is 206 g/mol. The Morgan fingerprint density at radius 1 is 1.33 bits per heavy atom. The van der Waals surface area contributed by atoms with Crippen LogP contribution in [0.25, 0.3) is 0 Å². The maximum absolute atomic E-state index is 11.6. The Balaban J connectivity index is 2.68. The number of carbonyl (C=O) groups excluding carboxylic acids is 2. The summed E-state index contributed by atoms with van der Waals surface area (Å²) in [6.07, 6.45) is 0.948. The van der Waals surface area contributed by atoms with Gasteiger partial charge in [-0.1, -0.05) is 18.2 Å². The minimum absolute atomic E-state index is 0.200. The van der Waals surface area contributed by atoms with Crippen LogP contribution in [0.2, 0.25) is 0 Å². The minimum atomic E-state index is -0.741. The van der Waals surface area contributed by atoms with E-state index in [1.165, 1.54) is 0 Å². The van der Waals surface area contributed by atoms with E-state index < -0.39 is 11.6 Å². The molecule has 0 radical (unpaired) electrons. The second kappa shape index (κ2) is 4.73. The highest BCUT2D eigenvalue weighted by Gasteiger charge is 2.22. The normalized spacial score (nSPS) is 10.8. The molecular weight excluding hydrogens is 192 g/mol. The van der Waals surface area contributed by atoms with Crippen LogP contribution < -0.4 is 0 Å². The number of hydrogen-bond donors (Lipinski definition) is 0. The molecule has 1 aromatic rings. The summed E-state index contributed by atoms with van der Waals surface area (Å²) >= 11 is 0. The molecule has 80 valence electrons. The Bertz CT molecular complexity index is 341. The van der Waals surface area contributed by atoms with Gasteiger partial charge in [0.1, 0.15) is 11.9 Å². The maximum atomic E-state index is 11.6. The first-order valence-electron chi connectivity index (χ1n) is 4.77. The molecule has 0 atom stereocenters. The molecule has 0 unspecified atom stereocenters. The highest BCUT2D eigenvalue weighted by atomic mass is 16.6. The van der Waals surface area contributed by atoms with Crippen LogP contribution in [0.3, 0.4) is 0 Å². The Morgan fingerprint density at radius 3 is 2.47 bits per heavy atom. The molecule has 1 rings (SSSR count). The second-order valence-electron chi connectivity index (χ2n) is 3.89. The number of benzene rings is 1. The number of ether oxygens (including phenoxy) is 1. The first kappa shape index (κ1) is 11.4. The van der Waals surface area contributed by atoms with Gasteiger partial charge in [0.2, 0.25) is 0 Å². The summed E-state index contributed by atoms with van der Waals surface area (Å²) in [5.74, 6) is -0.401. The molecule has 0 spiro atoms. The van der Waals surface area contributed by atoms with E-state index in [4.69, 9.17) is 4.74 Å². The standard InChI is InChI=1S/C12H14O3/c1-12(2,8-9-13)15-11(14)10-6-4-3-5-7-10/h3-7,9H,8H2,1-2H3. The van der Waals surface area contributed by atoms with Gasteiger partial charge in [0.05, 0.1) is 5.56 Å². The van der Waals surface area contributed by atoms with Crippen LogP contribution in [0.5, 0.6) is 0 Å². The number of rotatable bonds is 4. The molecule has 0 bridgehead atoms. The van der Waals surface area contributed by atoms with E-state index in [-0.39, 0.29) is 6.42 Å². The third kappa shape index (κ3) is 3.54. The number of esters is 1. The Kier molecular flexibility index (Phi) is 3.61. The number of hydrogen-bond acceptors (Lipinski definition) is 3. The van der Waals surface area contributed by atoms with Gasteiger partial charge in [-0.15, -0.1) is 0 Å². The third-order valence-electron chi connectivity index (χ3n) is 1.95. The van der Waals surface area contributed by atoms with Crippen LogP contribution >= 0.6 is 0 Å². The minimum Gasteiger partial charge on any atom is -0.456 e. The fourth-order valence-electron chi connectivity index (χ4n) is 1.13. The monoisotopic (exact) mass is 206 g/mol. The van der Waals surface area contributed by atoms with Gasteiger partial charge in [0.15, 0.2) is 0 Å². The predicted octanol–water partition coefficient (Wildman–Crippen LogP) is 2.21. The smallest absolute Gasteiger partial charge is 0.338 e. The van der Waals surface area contributed by atoms with Gasteiger partial charge in [0, 0.05) is 6.42 Å². The molecule has 1 aromatic carbocycles. The topological polar surface area (TPSA) is 43.4 Å². The quantitative estimate of drug-likeness (QED) is 0.560. The molecule has 3 heteroatoms. The van der Waals surface area contributed by atoms with Crippen LogP contribution in [-0.2, 0) is 9.53 Å². The van der Waals surface area contributed by atoms with E-state index in [0.717, 1.165) is 6.29 Å². The molecule has 0 aliphatic carbocycles.